The normalized spacial score (nSPS) is 15.2. The molecular formula is C27H32N2O4S2. The first-order valence-corrected chi connectivity index (χ1v) is 13.6. The molecule has 1 aromatic carbocycles. The van der Waals surface area contributed by atoms with Crippen LogP contribution in [-0.4, -0.2) is 61.6 Å². The summed E-state index contributed by atoms with van der Waals surface area (Å²) in [4.78, 5) is 32.0. The highest BCUT2D eigenvalue weighted by atomic mass is 32.1. The summed E-state index contributed by atoms with van der Waals surface area (Å²) in [7, 11) is 1.60. The fraction of sp³-hybridized carbons (Fsp3) is 0.407. The van der Waals surface area contributed by atoms with Crippen LogP contribution in [-0.2, 0) is 16.0 Å². The summed E-state index contributed by atoms with van der Waals surface area (Å²) < 4.78 is 11.4. The SMILES string of the molecule is COCCN(CC(=O)N1CCc2sccc2[C@H]1COc1ccc(C(C)C)cc1)C(=O)c1cccs1. The third-order valence-corrected chi connectivity index (χ3v) is 8.13. The van der Waals surface area contributed by atoms with Crippen LogP contribution in [0, 0.1) is 0 Å². The summed E-state index contributed by atoms with van der Waals surface area (Å²) in [5, 5.41) is 3.95. The smallest absolute Gasteiger partial charge is 0.264 e. The summed E-state index contributed by atoms with van der Waals surface area (Å²) in [5.41, 5.74) is 2.40. The molecule has 2 aromatic heterocycles. The Bertz CT molecular complexity index is 1110. The Kier molecular flexibility index (Phi) is 8.59. The second-order valence-corrected chi connectivity index (χ2v) is 10.8. The van der Waals surface area contributed by atoms with Gasteiger partial charge in [-0.15, -0.1) is 22.7 Å². The van der Waals surface area contributed by atoms with Gasteiger partial charge in [0, 0.05) is 25.1 Å². The topological polar surface area (TPSA) is 59.1 Å². The van der Waals surface area contributed by atoms with Crippen molar-refractivity contribution in [2.24, 2.45) is 0 Å². The zero-order valence-electron chi connectivity index (χ0n) is 20.4. The van der Waals surface area contributed by atoms with Gasteiger partial charge in [0.1, 0.15) is 18.9 Å². The van der Waals surface area contributed by atoms with E-state index < -0.39 is 0 Å². The molecule has 35 heavy (non-hydrogen) atoms. The number of nitrogens with zero attached hydrogens (tertiary/aromatic N) is 2. The van der Waals surface area contributed by atoms with Crippen LogP contribution in [0.2, 0.25) is 0 Å². The van der Waals surface area contributed by atoms with Gasteiger partial charge in [0.25, 0.3) is 5.91 Å². The molecule has 4 rings (SSSR count). The molecule has 0 spiro atoms. The van der Waals surface area contributed by atoms with Crippen molar-refractivity contribution in [2.75, 3.05) is 40.0 Å². The lowest BCUT2D eigenvalue weighted by Crippen LogP contribution is -2.48. The first kappa shape index (κ1) is 25.4. The molecule has 1 aliphatic heterocycles. The van der Waals surface area contributed by atoms with Gasteiger partial charge in [-0.1, -0.05) is 32.0 Å². The maximum atomic E-state index is 13.6. The Morgan fingerprint density at radius 3 is 2.60 bits per heavy atom. The molecule has 3 aromatic rings. The predicted molar refractivity (Wildman–Crippen MR) is 141 cm³/mol. The third kappa shape index (κ3) is 6.12. The number of ether oxygens (including phenoxy) is 2. The van der Waals surface area contributed by atoms with Gasteiger partial charge < -0.3 is 19.3 Å². The molecule has 0 aliphatic carbocycles. The number of thiophene rings is 2. The van der Waals surface area contributed by atoms with Crippen LogP contribution in [0.1, 0.15) is 51.5 Å². The van der Waals surface area contributed by atoms with Gasteiger partial charge in [-0.3, -0.25) is 9.59 Å². The second-order valence-electron chi connectivity index (χ2n) is 8.88. The summed E-state index contributed by atoms with van der Waals surface area (Å²) in [5.74, 6) is 1.03. The Labute approximate surface area is 215 Å². The van der Waals surface area contributed by atoms with E-state index >= 15 is 0 Å². The molecule has 0 bridgehead atoms. The second kappa shape index (κ2) is 11.8. The number of fused-ring (bicyclic) bond motifs is 1. The van der Waals surface area contributed by atoms with Crippen molar-refractivity contribution in [3.63, 3.8) is 0 Å². The van der Waals surface area contributed by atoms with Crippen LogP contribution in [0.3, 0.4) is 0 Å². The van der Waals surface area contributed by atoms with Crippen LogP contribution >= 0.6 is 22.7 Å². The van der Waals surface area contributed by atoms with Gasteiger partial charge in [-0.2, -0.15) is 0 Å². The van der Waals surface area contributed by atoms with E-state index in [0.29, 0.717) is 37.1 Å². The van der Waals surface area contributed by atoms with E-state index in [2.05, 4.69) is 37.4 Å². The number of benzene rings is 1. The lowest BCUT2D eigenvalue weighted by Gasteiger charge is -2.37. The van der Waals surface area contributed by atoms with Gasteiger partial charge in [0.05, 0.1) is 17.5 Å². The summed E-state index contributed by atoms with van der Waals surface area (Å²) >= 11 is 3.11. The molecule has 0 unspecified atom stereocenters. The number of amides is 2. The van der Waals surface area contributed by atoms with E-state index in [1.165, 1.54) is 21.8 Å². The van der Waals surface area contributed by atoms with Crippen molar-refractivity contribution in [3.05, 3.63) is 74.1 Å². The van der Waals surface area contributed by atoms with Gasteiger partial charge in [0.2, 0.25) is 5.91 Å². The molecule has 6 nitrogen and oxygen atoms in total. The van der Waals surface area contributed by atoms with Gasteiger partial charge >= 0.3 is 0 Å². The van der Waals surface area contributed by atoms with Crippen molar-refractivity contribution in [3.8, 4) is 5.75 Å². The molecule has 1 atom stereocenters. The number of methoxy groups -OCH3 is 1. The zero-order valence-corrected chi connectivity index (χ0v) is 22.1. The van der Waals surface area contributed by atoms with E-state index in [0.717, 1.165) is 17.7 Å². The van der Waals surface area contributed by atoms with E-state index in [-0.39, 0.29) is 24.4 Å². The Hall–Kier alpha value is -2.68. The number of carbonyl (C=O) groups excluding carboxylic acids is 2. The van der Waals surface area contributed by atoms with Crippen LogP contribution in [0.5, 0.6) is 5.75 Å². The molecule has 0 radical (unpaired) electrons. The van der Waals surface area contributed by atoms with E-state index in [9.17, 15) is 9.59 Å². The van der Waals surface area contributed by atoms with Crippen molar-refractivity contribution in [2.45, 2.75) is 32.2 Å². The van der Waals surface area contributed by atoms with E-state index in [1.54, 1.807) is 29.4 Å². The van der Waals surface area contributed by atoms with Crippen LogP contribution in [0.15, 0.2) is 53.2 Å². The molecule has 0 fully saturated rings. The molecule has 1 aliphatic rings. The summed E-state index contributed by atoms with van der Waals surface area (Å²) in [6.45, 7) is 6.06. The highest BCUT2D eigenvalue weighted by molar-refractivity contribution is 7.12. The molecule has 2 amide bonds. The highest BCUT2D eigenvalue weighted by Gasteiger charge is 2.33. The zero-order chi connectivity index (χ0) is 24.8. The third-order valence-electron chi connectivity index (χ3n) is 6.28. The number of rotatable bonds is 10. The quantitative estimate of drug-likeness (QED) is 0.373. The Morgan fingerprint density at radius 2 is 1.91 bits per heavy atom. The molecule has 3 heterocycles. The number of hydrogen-bond acceptors (Lipinski definition) is 6. The molecule has 186 valence electrons. The van der Waals surface area contributed by atoms with Crippen LogP contribution in [0.4, 0.5) is 0 Å². The first-order valence-electron chi connectivity index (χ1n) is 11.9. The monoisotopic (exact) mass is 512 g/mol. The van der Waals surface area contributed by atoms with Crippen molar-refractivity contribution in [1.29, 1.82) is 0 Å². The fourth-order valence-electron chi connectivity index (χ4n) is 4.26. The van der Waals surface area contributed by atoms with Gasteiger partial charge in [-0.25, -0.2) is 0 Å². The minimum atomic E-state index is -0.191. The Morgan fingerprint density at radius 1 is 1.11 bits per heavy atom. The molecule has 0 saturated heterocycles. The average Bonchev–Trinajstić information content (AvgIpc) is 3.57. The number of hydrogen-bond donors (Lipinski definition) is 0. The molecule has 8 heteroatoms. The van der Waals surface area contributed by atoms with Crippen LogP contribution < -0.4 is 4.74 Å². The maximum Gasteiger partial charge on any atom is 0.264 e. The minimum absolute atomic E-state index is 0.0130. The predicted octanol–water partition coefficient (Wildman–Crippen LogP) is 5.23. The highest BCUT2D eigenvalue weighted by Crippen LogP contribution is 2.34. The molecular weight excluding hydrogens is 480 g/mol. The van der Waals surface area contributed by atoms with Crippen molar-refractivity contribution >= 4 is 34.5 Å². The lowest BCUT2D eigenvalue weighted by molar-refractivity contribution is -0.135. The standard InChI is InChI=1S/C27H32N2O4S2/c1-19(2)20-6-8-21(9-7-20)33-18-23-22-11-16-35-24(22)10-12-29(23)26(30)17-28(13-14-32-3)27(31)25-5-4-15-34-25/h4-9,11,15-16,19,23H,10,12-14,17-18H2,1-3H3/t23-/m1/s1. The molecule has 0 saturated carbocycles. The van der Waals surface area contributed by atoms with Crippen molar-refractivity contribution in [1.82, 2.24) is 9.80 Å². The number of carbonyl (C=O) groups is 2. The van der Waals surface area contributed by atoms with Gasteiger partial charge in [-0.05, 0) is 58.5 Å². The Balaban J connectivity index is 1.49. The fourth-order valence-corrected chi connectivity index (χ4v) is 5.88. The van der Waals surface area contributed by atoms with E-state index in [1.807, 2.05) is 28.5 Å². The first-order chi connectivity index (χ1) is 17.0. The summed E-state index contributed by atoms with van der Waals surface area (Å²) in [6.07, 6.45) is 0.815. The average molecular weight is 513 g/mol. The largest absolute Gasteiger partial charge is 0.491 e. The summed E-state index contributed by atoms with van der Waals surface area (Å²) in [6, 6.07) is 13.7. The van der Waals surface area contributed by atoms with E-state index in [4.69, 9.17) is 9.47 Å². The lowest BCUT2D eigenvalue weighted by atomic mass is 10.00. The molecule has 0 N–H and O–H groups in total. The maximum absolute atomic E-state index is 13.6. The van der Waals surface area contributed by atoms with Gasteiger partial charge in [0.15, 0.2) is 0 Å². The van der Waals surface area contributed by atoms with Crippen LogP contribution in [0.25, 0.3) is 0 Å². The van der Waals surface area contributed by atoms with Crippen molar-refractivity contribution < 1.29 is 19.1 Å². The minimum Gasteiger partial charge on any atom is -0.491 e.